The topological polar surface area (TPSA) is 62.1 Å². The van der Waals surface area contributed by atoms with Crippen LogP contribution in [-0.4, -0.2) is 28.9 Å². The fraction of sp³-hybridized carbons (Fsp3) is 0.438. The van der Waals surface area contributed by atoms with E-state index in [0.29, 0.717) is 11.6 Å². The third-order valence-electron chi connectivity index (χ3n) is 3.89. The van der Waals surface area contributed by atoms with E-state index < -0.39 is 0 Å². The molecule has 1 amide bonds. The molecule has 1 heterocycles. The molecule has 4 nitrogen and oxygen atoms in total. The Hall–Kier alpha value is -1.97. The number of aromatic nitrogens is 1. The molecule has 106 valence electrons. The second kappa shape index (κ2) is 5.19. The van der Waals surface area contributed by atoms with Gasteiger partial charge in [-0.3, -0.25) is 4.79 Å². The number of H-pyrrole nitrogens is 1. The van der Waals surface area contributed by atoms with E-state index in [-0.39, 0.29) is 5.91 Å². The molecular weight excluding hydrogens is 250 g/mol. The van der Waals surface area contributed by atoms with E-state index in [4.69, 9.17) is 5.73 Å². The number of rotatable bonds is 5. The number of carbonyl (C=O) groups is 1. The van der Waals surface area contributed by atoms with E-state index in [1.54, 1.807) is 0 Å². The zero-order valence-electron chi connectivity index (χ0n) is 11.9. The van der Waals surface area contributed by atoms with Gasteiger partial charge in [0, 0.05) is 35.9 Å². The average molecular weight is 271 g/mol. The van der Waals surface area contributed by atoms with E-state index in [0.717, 1.165) is 36.0 Å². The summed E-state index contributed by atoms with van der Waals surface area (Å²) in [6.45, 7) is 3.83. The van der Waals surface area contributed by atoms with Crippen LogP contribution in [0.25, 0.3) is 10.9 Å². The minimum Gasteiger partial charge on any atom is -0.399 e. The molecule has 1 aromatic carbocycles. The predicted octanol–water partition coefficient (Wildman–Crippen LogP) is 3.01. The van der Waals surface area contributed by atoms with Gasteiger partial charge < -0.3 is 15.6 Å². The number of carbonyl (C=O) groups excluding carboxylic acids is 1. The Balaban J connectivity index is 1.91. The van der Waals surface area contributed by atoms with Gasteiger partial charge in [-0.2, -0.15) is 0 Å². The molecule has 0 aliphatic heterocycles. The van der Waals surface area contributed by atoms with Crippen molar-refractivity contribution >= 4 is 22.5 Å². The molecule has 1 fully saturated rings. The van der Waals surface area contributed by atoms with E-state index in [2.05, 4.69) is 11.9 Å². The predicted molar refractivity (Wildman–Crippen MR) is 81.6 cm³/mol. The molecule has 3 N–H and O–H groups in total. The highest BCUT2D eigenvalue weighted by atomic mass is 16.2. The Morgan fingerprint density at radius 1 is 1.45 bits per heavy atom. The Kier molecular flexibility index (Phi) is 3.38. The molecule has 1 aromatic heterocycles. The zero-order chi connectivity index (χ0) is 14.1. The lowest BCUT2D eigenvalue weighted by Gasteiger charge is -2.21. The maximum atomic E-state index is 12.7. The van der Waals surface area contributed by atoms with Crippen LogP contribution in [0, 0.1) is 5.92 Å². The van der Waals surface area contributed by atoms with Gasteiger partial charge >= 0.3 is 0 Å². The van der Waals surface area contributed by atoms with Crippen LogP contribution in [0.3, 0.4) is 0 Å². The fourth-order valence-corrected chi connectivity index (χ4v) is 2.64. The summed E-state index contributed by atoms with van der Waals surface area (Å²) in [7, 11) is 0. The molecule has 0 radical (unpaired) electrons. The highest BCUT2D eigenvalue weighted by molar-refractivity contribution is 6.07. The quantitative estimate of drug-likeness (QED) is 0.821. The van der Waals surface area contributed by atoms with Gasteiger partial charge in [-0.25, -0.2) is 0 Å². The summed E-state index contributed by atoms with van der Waals surface area (Å²) in [5, 5.41) is 0.923. The molecule has 1 saturated carbocycles. The Bertz CT molecular complexity index is 628. The van der Waals surface area contributed by atoms with Crippen LogP contribution in [0.4, 0.5) is 5.69 Å². The molecule has 20 heavy (non-hydrogen) atoms. The normalized spacial score (nSPS) is 14.7. The first-order valence-electron chi connectivity index (χ1n) is 7.35. The van der Waals surface area contributed by atoms with E-state index in [1.165, 1.54) is 12.8 Å². The van der Waals surface area contributed by atoms with E-state index in [1.807, 2.05) is 29.3 Å². The maximum Gasteiger partial charge on any atom is 0.256 e. The van der Waals surface area contributed by atoms with Gasteiger partial charge in [0.15, 0.2) is 0 Å². The minimum atomic E-state index is 0.121. The summed E-state index contributed by atoms with van der Waals surface area (Å²) in [6, 6.07) is 5.65. The third-order valence-corrected chi connectivity index (χ3v) is 3.89. The average Bonchev–Trinajstić information content (AvgIpc) is 3.15. The number of benzene rings is 1. The Morgan fingerprint density at radius 2 is 2.25 bits per heavy atom. The van der Waals surface area contributed by atoms with Crippen LogP contribution in [0.2, 0.25) is 0 Å². The molecule has 0 saturated heterocycles. The van der Waals surface area contributed by atoms with Gasteiger partial charge in [0.1, 0.15) is 0 Å². The van der Waals surface area contributed by atoms with Crippen LogP contribution in [-0.2, 0) is 0 Å². The van der Waals surface area contributed by atoms with Crippen molar-refractivity contribution in [1.29, 1.82) is 0 Å². The smallest absolute Gasteiger partial charge is 0.256 e. The van der Waals surface area contributed by atoms with Gasteiger partial charge in [0.25, 0.3) is 5.91 Å². The number of hydrogen-bond acceptors (Lipinski definition) is 2. The van der Waals surface area contributed by atoms with E-state index >= 15 is 0 Å². The lowest BCUT2D eigenvalue weighted by Crippen LogP contribution is -2.33. The summed E-state index contributed by atoms with van der Waals surface area (Å²) in [4.78, 5) is 17.9. The number of amides is 1. The van der Waals surface area contributed by atoms with Crippen LogP contribution in [0.5, 0.6) is 0 Å². The fourth-order valence-electron chi connectivity index (χ4n) is 2.64. The summed E-state index contributed by atoms with van der Waals surface area (Å²) >= 11 is 0. The molecular formula is C16H21N3O. The Morgan fingerprint density at radius 3 is 2.95 bits per heavy atom. The molecule has 0 spiro atoms. The molecule has 0 unspecified atom stereocenters. The lowest BCUT2D eigenvalue weighted by atomic mass is 10.1. The first-order chi connectivity index (χ1) is 9.69. The molecule has 0 bridgehead atoms. The van der Waals surface area contributed by atoms with E-state index in [9.17, 15) is 4.79 Å². The molecule has 1 aliphatic carbocycles. The number of fused-ring (bicyclic) bond motifs is 1. The molecule has 2 aromatic rings. The van der Waals surface area contributed by atoms with Crippen LogP contribution < -0.4 is 5.73 Å². The van der Waals surface area contributed by atoms with Crippen molar-refractivity contribution in [2.75, 3.05) is 18.8 Å². The lowest BCUT2D eigenvalue weighted by molar-refractivity contribution is 0.0750. The number of nitrogens with one attached hydrogen (secondary N) is 1. The van der Waals surface area contributed by atoms with Crippen molar-refractivity contribution in [3.8, 4) is 0 Å². The summed E-state index contributed by atoms with van der Waals surface area (Å²) in [5.74, 6) is 0.830. The van der Waals surface area contributed by atoms with Crippen molar-refractivity contribution in [2.24, 2.45) is 5.92 Å². The van der Waals surface area contributed by atoms with Crippen molar-refractivity contribution in [2.45, 2.75) is 26.2 Å². The summed E-state index contributed by atoms with van der Waals surface area (Å²) in [5.41, 5.74) is 8.23. The van der Waals surface area contributed by atoms with Crippen molar-refractivity contribution in [3.63, 3.8) is 0 Å². The molecule has 1 aliphatic rings. The number of anilines is 1. The number of nitrogens with two attached hydrogens (primary N) is 1. The van der Waals surface area contributed by atoms with Crippen LogP contribution in [0.15, 0.2) is 24.4 Å². The highest BCUT2D eigenvalue weighted by Gasteiger charge is 2.27. The standard InChI is InChI=1S/C16H21N3O/c1-2-7-19(10-11-3-4-11)16(20)14-9-18-15-6-5-12(17)8-13(14)15/h5-6,8-9,11,18H,2-4,7,10,17H2,1H3. The van der Waals surface area contributed by atoms with Crippen molar-refractivity contribution < 1.29 is 4.79 Å². The number of aromatic amines is 1. The van der Waals surface area contributed by atoms with Gasteiger partial charge in [-0.15, -0.1) is 0 Å². The van der Waals surface area contributed by atoms with Gasteiger partial charge in [-0.05, 0) is 43.4 Å². The summed E-state index contributed by atoms with van der Waals surface area (Å²) < 4.78 is 0. The number of nitrogen functional groups attached to an aromatic ring is 1. The van der Waals surface area contributed by atoms with Crippen LogP contribution >= 0.6 is 0 Å². The molecule has 4 heteroatoms. The van der Waals surface area contributed by atoms with Crippen LogP contribution in [0.1, 0.15) is 36.5 Å². The first kappa shape index (κ1) is 13.0. The molecule has 3 rings (SSSR count). The SMILES string of the molecule is CCCN(CC1CC1)C(=O)c1c[nH]c2ccc(N)cc12. The second-order valence-corrected chi connectivity index (χ2v) is 5.70. The monoisotopic (exact) mass is 271 g/mol. The van der Waals surface area contributed by atoms with Gasteiger partial charge in [0.05, 0.1) is 5.56 Å². The molecule has 0 atom stereocenters. The highest BCUT2D eigenvalue weighted by Crippen LogP contribution is 2.31. The maximum absolute atomic E-state index is 12.7. The van der Waals surface area contributed by atoms with Gasteiger partial charge in [-0.1, -0.05) is 6.92 Å². The number of nitrogens with zero attached hydrogens (tertiary/aromatic N) is 1. The summed E-state index contributed by atoms with van der Waals surface area (Å²) in [6.07, 6.45) is 5.31. The Labute approximate surface area is 118 Å². The number of hydrogen-bond donors (Lipinski definition) is 2. The van der Waals surface area contributed by atoms with Gasteiger partial charge in [0.2, 0.25) is 0 Å². The zero-order valence-corrected chi connectivity index (χ0v) is 11.9. The van der Waals surface area contributed by atoms with Crippen molar-refractivity contribution in [1.82, 2.24) is 9.88 Å². The third kappa shape index (κ3) is 2.50. The second-order valence-electron chi connectivity index (χ2n) is 5.70. The van der Waals surface area contributed by atoms with Crippen molar-refractivity contribution in [3.05, 3.63) is 30.0 Å². The first-order valence-corrected chi connectivity index (χ1v) is 7.35. The largest absolute Gasteiger partial charge is 0.399 e. The minimum absolute atomic E-state index is 0.121.